The number of aliphatic hydroxyl groups is 2. The standard InChI is InChI=1S/C19H24N6O3/c1-10-16(8-25(12(3)26)13(4)27)11(2)22-17(10)5-15-18(23-24-19(15)28)14-6-20-9-21-7-14/h5-7,9,12-13,22,26-27H,8H2,1-4H3,(H,24,28). The summed E-state index contributed by atoms with van der Waals surface area (Å²) < 4.78 is 0. The number of H-pyrrole nitrogens is 1. The number of hydrazone groups is 1. The Morgan fingerprint density at radius 2 is 1.82 bits per heavy atom. The second kappa shape index (κ2) is 8.01. The van der Waals surface area contributed by atoms with Crippen LogP contribution in [-0.4, -0.2) is 54.1 Å². The van der Waals surface area contributed by atoms with E-state index in [1.165, 1.54) is 6.33 Å². The van der Waals surface area contributed by atoms with Gasteiger partial charge in [0.15, 0.2) is 0 Å². The van der Waals surface area contributed by atoms with Gasteiger partial charge in [0.25, 0.3) is 5.91 Å². The molecule has 9 nitrogen and oxygen atoms in total. The summed E-state index contributed by atoms with van der Waals surface area (Å²) in [5, 5.41) is 23.9. The van der Waals surface area contributed by atoms with Gasteiger partial charge < -0.3 is 15.2 Å². The number of aryl methyl sites for hydroxylation is 1. The van der Waals surface area contributed by atoms with Crippen LogP contribution in [0.15, 0.2) is 29.4 Å². The van der Waals surface area contributed by atoms with Crippen LogP contribution in [0.5, 0.6) is 0 Å². The highest BCUT2D eigenvalue weighted by Crippen LogP contribution is 2.25. The number of aromatic nitrogens is 3. The van der Waals surface area contributed by atoms with Crippen molar-refractivity contribution in [1.29, 1.82) is 0 Å². The molecule has 0 bridgehead atoms. The summed E-state index contributed by atoms with van der Waals surface area (Å²) >= 11 is 0. The quantitative estimate of drug-likeness (QED) is 0.431. The number of nitrogens with one attached hydrogen (secondary N) is 2. The second-order valence-electron chi connectivity index (χ2n) is 6.79. The Kier molecular flexibility index (Phi) is 5.68. The number of rotatable bonds is 6. The van der Waals surface area contributed by atoms with Crippen molar-refractivity contribution >= 4 is 17.7 Å². The number of aliphatic hydroxyl groups excluding tert-OH is 2. The number of nitrogens with zero attached hydrogens (tertiary/aromatic N) is 4. The summed E-state index contributed by atoms with van der Waals surface area (Å²) in [5.74, 6) is -0.304. The Balaban J connectivity index is 1.96. The molecule has 1 aliphatic heterocycles. The predicted molar refractivity (Wildman–Crippen MR) is 104 cm³/mol. The SMILES string of the molecule is Cc1[nH]c(C=C2C(=O)NN=C2c2cncnc2)c(C)c1CN(C(C)O)C(C)O. The van der Waals surface area contributed by atoms with Gasteiger partial charge in [0, 0.05) is 35.9 Å². The van der Waals surface area contributed by atoms with Crippen molar-refractivity contribution in [2.75, 3.05) is 0 Å². The first kappa shape index (κ1) is 19.9. The van der Waals surface area contributed by atoms with Crippen LogP contribution in [0, 0.1) is 13.8 Å². The molecular weight excluding hydrogens is 360 g/mol. The molecule has 4 N–H and O–H groups in total. The van der Waals surface area contributed by atoms with Crippen LogP contribution < -0.4 is 5.43 Å². The molecule has 9 heteroatoms. The number of aromatic amines is 1. The Hall–Kier alpha value is -2.88. The molecule has 0 aromatic carbocycles. The Bertz CT molecular complexity index is 923. The average Bonchev–Trinajstić information content (AvgIpc) is 3.14. The van der Waals surface area contributed by atoms with Crippen molar-refractivity contribution in [3.63, 3.8) is 0 Å². The molecule has 3 heterocycles. The maximum Gasteiger partial charge on any atom is 0.273 e. The lowest BCUT2D eigenvalue weighted by molar-refractivity contribution is -0.116. The Morgan fingerprint density at radius 1 is 1.18 bits per heavy atom. The van der Waals surface area contributed by atoms with Crippen molar-refractivity contribution in [1.82, 2.24) is 25.3 Å². The normalized spacial score (nSPS) is 17.8. The van der Waals surface area contributed by atoms with Crippen molar-refractivity contribution in [3.8, 4) is 0 Å². The minimum atomic E-state index is -0.798. The van der Waals surface area contributed by atoms with E-state index < -0.39 is 12.5 Å². The third kappa shape index (κ3) is 3.86. The number of hydrogen-bond donors (Lipinski definition) is 4. The fourth-order valence-electron chi connectivity index (χ4n) is 3.21. The van der Waals surface area contributed by atoms with Crippen molar-refractivity contribution in [2.24, 2.45) is 5.10 Å². The molecule has 0 spiro atoms. The van der Waals surface area contributed by atoms with Gasteiger partial charge >= 0.3 is 0 Å². The molecule has 1 amide bonds. The van der Waals surface area contributed by atoms with Crippen LogP contribution in [0.3, 0.4) is 0 Å². The predicted octanol–water partition coefficient (Wildman–Crippen LogP) is 0.818. The van der Waals surface area contributed by atoms with E-state index in [9.17, 15) is 15.0 Å². The van der Waals surface area contributed by atoms with Gasteiger partial charge in [0.05, 0.1) is 5.57 Å². The van der Waals surface area contributed by atoms with Gasteiger partial charge in [-0.3, -0.25) is 4.79 Å². The summed E-state index contributed by atoms with van der Waals surface area (Å²) in [4.78, 5) is 25.1. The smallest absolute Gasteiger partial charge is 0.273 e. The topological polar surface area (TPSA) is 127 Å². The molecule has 28 heavy (non-hydrogen) atoms. The number of carbonyl (C=O) groups excluding carboxylic acids is 1. The monoisotopic (exact) mass is 384 g/mol. The summed E-state index contributed by atoms with van der Waals surface area (Å²) in [6, 6.07) is 0. The van der Waals surface area contributed by atoms with E-state index in [0.29, 0.717) is 23.4 Å². The average molecular weight is 384 g/mol. The number of hydrogen-bond acceptors (Lipinski definition) is 7. The summed E-state index contributed by atoms with van der Waals surface area (Å²) in [5.41, 5.74) is 7.56. The number of carbonyl (C=O) groups is 1. The molecule has 0 saturated carbocycles. The van der Waals surface area contributed by atoms with Gasteiger partial charge in [-0.1, -0.05) is 0 Å². The first-order valence-electron chi connectivity index (χ1n) is 8.95. The molecule has 0 fully saturated rings. The summed E-state index contributed by atoms with van der Waals surface area (Å²) in [7, 11) is 0. The maximum atomic E-state index is 12.3. The van der Waals surface area contributed by atoms with Crippen molar-refractivity contribution in [2.45, 2.75) is 46.7 Å². The Morgan fingerprint density at radius 3 is 2.43 bits per heavy atom. The highest BCUT2D eigenvalue weighted by molar-refractivity contribution is 6.33. The molecule has 3 rings (SSSR count). The van der Waals surface area contributed by atoms with Crippen LogP contribution in [0.2, 0.25) is 0 Å². The number of amides is 1. The molecule has 2 unspecified atom stereocenters. The lowest BCUT2D eigenvalue weighted by atomic mass is 10.0. The van der Waals surface area contributed by atoms with Gasteiger partial charge in [-0.2, -0.15) is 5.10 Å². The second-order valence-corrected chi connectivity index (χ2v) is 6.79. The zero-order valence-electron chi connectivity index (χ0n) is 16.3. The molecule has 148 valence electrons. The first-order valence-corrected chi connectivity index (χ1v) is 8.95. The minimum Gasteiger partial charge on any atom is -0.379 e. The van der Waals surface area contributed by atoms with E-state index in [2.05, 4.69) is 25.5 Å². The highest BCUT2D eigenvalue weighted by Gasteiger charge is 2.26. The third-order valence-corrected chi connectivity index (χ3v) is 4.82. The van der Waals surface area contributed by atoms with Crippen LogP contribution in [0.25, 0.3) is 6.08 Å². The highest BCUT2D eigenvalue weighted by atomic mass is 16.3. The minimum absolute atomic E-state index is 0.304. The molecule has 2 aromatic heterocycles. The van der Waals surface area contributed by atoms with Crippen LogP contribution >= 0.6 is 0 Å². The summed E-state index contributed by atoms with van der Waals surface area (Å²) in [6.07, 6.45) is 4.76. The van der Waals surface area contributed by atoms with Crippen molar-refractivity contribution in [3.05, 3.63) is 52.4 Å². The zero-order chi connectivity index (χ0) is 20.4. The van der Waals surface area contributed by atoms with Gasteiger partial charge in [0.2, 0.25) is 0 Å². The van der Waals surface area contributed by atoms with E-state index >= 15 is 0 Å². The fraction of sp³-hybridized carbons (Fsp3) is 0.368. The van der Waals surface area contributed by atoms with Crippen LogP contribution in [-0.2, 0) is 11.3 Å². The molecule has 0 radical (unpaired) electrons. The van der Waals surface area contributed by atoms with E-state index in [1.807, 2.05) is 13.8 Å². The van der Waals surface area contributed by atoms with Crippen LogP contribution in [0.4, 0.5) is 0 Å². The van der Waals surface area contributed by atoms with Gasteiger partial charge in [-0.15, -0.1) is 0 Å². The largest absolute Gasteiger partial charge is 0.379 e. The molecule has 2 atom stereocenters. The van der Waals surface area contributed by atoms with E-state index in [4.69, 9.17) is 0 Å². The van der Waals surface area contributed by atoms with E-state index in [0.717, 1.165) is 22.5 Å². The lowest BCUT2D eigenvalue weighted by Crippen LogP contribution is -2.39. The molecular formula is C19H24N6O3. The summed E-state index contributed by atoms with van der Waals surface area (Å²) in [6.45, 7) is 7.44. The van der Waals surface area contributed by atoms with Crippen molar-refractivity contribution < 1.29 is 15.0 Å². The van der Waals surface area contributed by atoms with E-state index in [1.54, 1.807) is 37.2 Å². The Labute approximate surface area is 162 Å². The lowest BCUT2D eigenvalue weighted by Gasteiger charge is -2.28. The van der Waals surface area contributed by atoms with Gasteiger partial charge in [-0.05, 0) is 44.9 Å². The van der Waals surface area contributed by atoms with E-state index in [-0.39, 0.29) is 5.91 Å². The molecule has 1 aliphatic rings. The van der Waals surface area contributed by atoms with Gasteiger partial charge in [0.1, 0.15) is 24.5 Å². The third-order valence-electron chi connectivity index (χ3n) is 4.82. The molecule has 0 aliphatic carbocycles. The molecule has 0 saturated heterocycles. The zero-order valence-corrected chi connectivity index (χ0v) is 16.3. The van der Waals surface area contributed by atoms with Gasteiger partial charge in [-0.25, -0.2) is 20.3 Å². The maximum absolute atomic E-state index is 12.3. The van der Waals surface area contributed by atoms with Crippen LogP contribution in [0.1, 0.15) is 41.9 Å². The first-order chi connectivity index (χ1) is 13.3. The molecule has 2 aromatic rings. The fourth-order valence-corrected chi connectivity index (χ4v) is 3.21.